The van der Waals surface area contributed by atoms with Gasteiger partial charge in [0.15, 0.2) is 0 Å². The molecule has 0 aliphatic heterocycles. The molecule has 32 heavy (non-hydrogen) atoms. The van der Waals surface area contributed by atoms with E-state index in [1.165, 1.54) is 16.7 Å². The molecule has 162 valence electrons. The minimum Gasteiger partial charge on any atom is -0.264 e. The first-order valence-electron chi connectivity index (χ1n) is 11.9. The summed E-state index contributed by atoms with van der Waals surface area (Å²) in [6.07, 6.45) is 5.07. The molecule has 3 saturated carbocycles. The number of rotatable bonds is 4. The van der Waals surface area contributed by atoms with Crippen molar-refractivity contribution in [1.29, 1.82) is 0 Å². The van der Waals surface area contributed by atoms with E-state index in [0.29, 0.717) is 25.2 Å². The molecule has 3 fully saturated rings. The van der Waals surface area contributed by atoms with Crippen molar-refractivity contribution in [2.45, 2.75) is 60.8 Å². The maximum atomic E-state index is 12.8. The van der Waals surface area contributed by atoms with Crippen molar-refractivity contribution in [3.63, 3.8) is 0 Å². The largest absolute Gasteiger partial charge is 0.264 e. The standard InChI is InChI=1S/C29H29NO2/c31-30(32)28-16-23(22-10-4-1-5-11-22)17-29(25-14-8-3-9-15-25)21-27(20-28,18-26(29)19-28)24-12-6-2-7-13-24/h1-15,23,26H,16-21H2. The molecule has 0 amide bonds. The Bertz CT molecular complexity index is 1130. The fourth-order valence-corrected chi connectivity index (χ4v) is 7.93. The zero-order chi connectivity index (χ0) is 21.8. The average Bonchev–Trinajstić information content (AvgIpc) is 3.01. The molecular formula is C29H29NO2. The maximum Gasteiger partial charge on any atom is 0.224 e. The molecule has 0 heterocycles. The van der Waals surface area contributed by atoms with Crippen LogP contribution < -0.4 is 0 Å². The molecule has 5 unspecified atom stereocenters. The van der Waals surface area contributed by atoms with Crippen molar-refractivity contribution >= 4 is 0 Å². The fourth-order valence-electron chi connectivity index (χ4n) is 7.93. The van der Waals surface area contributed by atoms with E-state index in [0.717, 1.165) is 19.3 Å². The fraction of sp³-hybridized carbons (Fsp3) is 0.379. The predicted octanol–water partition coefficient (Wildman–Crippen LogP) is 6.66. The lowest BCUT2D eigenvalue weighted by molar-refractivity contribution is -0.579. The van der Waals surface area contributed by atoms with Crippen LogP contribution in [-0.2, 0) is 10.8 Å². The van der Waals surface area contributed by atoms with Gasteiger partial charge in [0.25, 0.3) is 0 Å². The third-order valence-corrected chi connectivity index (χ3v) is 9.00. The van der Waals surface area contributed by atoms with E-state index < -0.39 is 5.54 Å². The quantitative estimate of drug-likeness (QED) is 0.348. The lowest BCUT2D eigenvalue weighted by atomic mass is 9.61. The van der Waals surface area contributed by atoms with Crippen LogP contribution in [0.3, 0.4) is 0 Å². The second-order valence-electron chi connectivity index (χ2n) is 10.6. The molecule has 6 rings (SSSR count). The molecule has 3 nitrogen and oxygen atoms in total. The topological polar surface area (TPSA) is 43.1 Å². The Labute approximate surface area is 189 Å². The molecule has 3 bridgehead atoms. The van der Waals surface area contributed by atoms with Crippen LogP contribution in [0.5, 0.6) is 0 Å². The lowest BCUT2D eigenvalue weighted by Crippen LogP contribution is -2.49. The first-order valence-corrected chi connectivity index (χ1v) is 11.9. The van der Waals surface area contributed by atoms with Crippen LogP contribution in [0.2, 0.25) is 0 Å². The van der Waals surface area contributed by atoms with Gasteiger partial charge in [-0.15, -0.1) is 0 Å². The Morgan fingerprint density at radius 2 is 1.28 bits per heavy atom. The summed E-state index contributed by atoms with van der Waals surface area (Å²) in [7, 11) is 0. The third kappa shape index (κ3) is 2.80. The molecule has 3 aliphatic carbocycles. The summed E-state index contributed by atoms with van der Waals surface area (Å²) in [5.41, 5.74) is 2.94. The van der Waals surface area contributed by atoms with Crippen molar-refractivity contribution in [1.82, 2.24) is 0 Å². The average molecular weight is 424 g/mol. The molecule has 0 N–H and O–H groups in total. The highest BCUT2D eigenvalue weighted by molar-refractivity contribution is 5.41. The zero-order valence-electron chi connectivity index (χ0n) is 18.3. The monoisotopic (exact) mass is 423 g/mol. The number of hydrogen-bond acceptors (Lipinski definition) is 2. The Kier molecular flexibility index (Phi) is 4.33. The van der Waals surface area contributed by atoms with Gasteiger partial charge >= 0.3 is 0 Å². The van der Waals surface area contributed by atoms with Crippen molar-refractivity contribution in [2.24, 2.45) is 5.92 Å². The molecule has 5 atom stereocenters. The molecule has 0 radical (unpaired) electrons. The summed E-state index contributed by atoms with van der Waals surface area (Å²) < 4.78 is 0. The molecule has 0 aromatic heterocycles. The first-order chi connectivity index (χ1) is 15.6. The molecule has 3 heteroatoms. The molecule has 3 aliphatic rings. The van der Waals surface area contributed by atoms with Gasteiger partial charge in [-0.25, -0.2) is 0 Å². The van der Waals surface area contributed by atoms with E-state index in [4.69, 9.17) is 0 Å². The van der Waals surface area contributed by atoms with Crippen LogP contribution in [0.25, 0.3) is 0 Å². The van der Waals surface area contributed by atoms with Gasteiger partial charge in [0.05, 0.1) is 0 Å². The summed E-state index contributed by atoms with van der Waals surface area (Å²) >= 11 is 0. The van der Waals surface area contributed by atoms with E-state index in [1.807, 2.05) is 6.07 Å². The molecule has 0 spiro atoms. The Morgan fingerprint density at radius 3 is 1.91 bits per heavy atom. The first kappa shape index (κ1) is 19.7. The zero-order valence-corrected chi connectivity index (χ0v) is 18.3. The second-order valence-corrected chi connectivity index (χ2v) is 10.6. The number of benzene rings is 3. The van der Waals surface area contributed by atoms with Crippen molar-refractivity contribution in [3.8, 4) is 0 Å². The summed E-state index contributed by atoms with van der Waals surface area (Å²) in [4.78, 5) is 12.9. The summed E-state index contributed by atoms with van der Waals surface area (Å²) in [6.45, 7) is 0. The highest BCUT2D eigenvalue weighted by Crippen LogP contribution is 2.69. The van der Waals surface area contributed by atoms with Crippen LogP contribution in [-0.4, -0.2) is 10.5 Å². The van der Waals surface area contributed by atoms with E-state index in [-0.39, 0.29) is 21.7 Å². The highest BCUT2D eigenvalue weighted by atomic mass is 16.6. The van der Waals surface area contributed by atoms with E-state index in [9.17, 15) is 10.1 Å². The Balaban J connectivity index is 1.57. The summed E-state index contributed by atoms with van der Waals surface area (Å²) in [5, 5.41) is 12.8. The predicted molar refractivity (Wildman–Crippen MR) is 126 cm³/mol. The van der Waals surface area contributed by atoms with Crippen molar-refractivity contribution in [2.75, 3.05) is 0 Å². The SMILES string of the molecule is O=[N+]([O-])C12CC(c3ccccc3)CC3(c4ccccc4)CC(c4ccccc4)(CC3C1)C2. The second kappa shape index (κ2) is 7.03. The minimum atomic E-state index is -0.855. The van der Waals surface area contributed by atoms with Crippen LogP contribution in [0.15, 0.2) is 91.0 Å². The van der Waals surface area contributed by atoms with Gasteiger partial charge in [-0.05, 0) is 53.2 Å². The molecule has 3 aromatic carbocycles. The van der Waals surface area contributed by atoms with E-state index in [2.05, 4.69) is 84.9 Å². The molecular weight excluding hydrogens is 394 g/mol. The van der Waals surface area contributed by atoms with Gasteiger partial charge in [-0.1, -0.05) is 91.0 Å². The lowest BCUT2D eigenvalue weighted by Gasteiger charge is -2.42. The van der Waals surface area contributed by atoms with Crippen LogP contribution in [0.1, 0.15) is 61.1 Å². The number of nitrogens with zero attached hydrogens (tertiary/aromatic N) is 1. The summed E-state index contributed by atoms with van der Waals surface area (Å²) in [5.74, 6) is 0.539. The third-order valence-electron chi connectivity index (χ3n) is 9.00. The number of hydrogen-bond donors (Lipinski definition) is 0. The summed E-state index contributed by atoms with van der Waals surface area (Å²) in [6, 6.07) is 32.2. The van der Waals surface area contributed by atoms with Gasteiger partial charge < -0.3 is 0 Å². The van der Waals surface area contributed by atoms with Crippen molar-refractivity contribution < 1.29 is 4.92 Å². The van der Waals surface area contributed by atoms with E-state index in [1.54, 1.807) is 0 Å². The van der Waals surface area contributed by atoms with Gasteiger partial charge in [0.1, 0.15) is 0 Å². The Hall–Kier alpha value is -2.94. The van der Waals surface area contributed by atoms with Crippen LogP contribution in [0.4, 0.5) is 0 Å². The van der Waals surface area contributed by atoms with E-state index >= 15 is 0 Å². The smallest absolute Gasteiger partial charge is 0.224 e. The van der Waals surface area contributed by atoms with Crippen LogP contribution in [0, 0.1) is 16.0 Å². The normalized spacial score (nSPS) is 35.4. The van der Waals surface area contributed by atoms with Crippen molar-refractivity contribution in [3.05, 3.63) is 118 Å². The van der Waals surface area contributed by atoms with Gasteiger partial charge in [0, 0.05) is 29.6 Å². The highest BCUT2D eigenvalue weighted by Gasteiger charge is 2.69. The number of fused-ring (bicyclic) bond motifs is 2. The van der Waals surface area contributed by atoms with Gasteiger partial charge in [-0.3, -0.25) is 10.1 Å². The van der Waals surface area contributed by atoms with Gasteiger partial charge in [0.2, 0.25) is 5.54 Å². The van der Waals surface area contributed by atoms with Gasteiger partial charge in [-0.2, -0.15) is 0 Å². The minimum absolute atomic E-state index is 0.0220. The molecule has 0 saturated heterocycles. The van der Waals surface area contributed by atoms with Crippen LogP contribution >= 0.6 is 0 Å². The molecule has 3 aromatic rings. The number of nitro groups is 1. The Morgan fingerprint density at radius 1 is 0.688 bits per heavy atom. The maximum absolute atomic E-state index is 12.8.